The summed E-state index contributed by atoms with van der Waals surface area (Å²) in [5, 5.41) is 0.250. The highest BCUT2D eigenvalue weighted by Gasteiger charge is 2.28. The van der Waals surface area contributed by atoms with Crippen LogP contribution in [0.15, 0.2) is 23.1 Å². The van der Waals surface area contributed by atoms with Crippen LogP contribution in [0.4, 0.5) is 0 Å². The van der Waals surface area contributed by atoms with Crippen molar-refractivity contribution in [2.24, 2.45) is 5.73 Å². The van der Waals surface area contributed by atoms with Crippen LogP contribution < -0.4 is 5.73 Å². The monoisotopic (exact) mass is 317 g/mol. The van der Waals surface area contributed by atoms with E-state index in [-0.39, 0.29) is 9.92 Å². The number of hydrogen-bond donors (Lipinski definition) is 1. The van der Waals surface area contributed by atoms with E-state index < -0.39 is 10.0 Å². The van der Waals surface area contributed by atoms with Crippen molar-refractivity contribution >= 4 is 21.6 Å². The first-order valence-corrected chi connectivity index (χ1v) is 8.44. The molecule has 0 spiro atoms. The molecule has 0 saturated carbocycles. The summed E-state index contributed by atoms with van der Waals surface area (Å²) < 4.78 is 26.9. The number of nitrogens with zero attached hydrogens (tertiary/aromatic N) is 2. The number of rotatable bonds is 3. The van der Waals surface area contributed by atoms with E-state index in [0.717, 1.165) is 25.1 Å². The SMILES string of the molecule is CN1CCCN(S(=O)(=O)c2cc(CN)ccc2Cl)CC1. The largest absolute Gasteiger partial charge is 0.326 e. The van der Waals surface area contributed by atoms with Gasteiger partial charge in [0.15, 0.2) is 0 Å². The first-order chi connectivity index (χ1) is 9.45. The lowest BCUT2D eigenvalue weighted by Crippen LogP contribution is -2.34. The molecule has 0 aromatic heterocycles. The average Bonchev–Trinajstić information content (AvgIpc) is 2.64. The molecule has 1 saturated heterocycles. The summed E-state index contributed by atoms with van der Waals surface area (Å²) in [4.78, 5) is 2.29. The highest BCUT2D eigenvalue weighted by Crippen LogP contribution is 2.26. The van der Waals surface area contributed by atoms with Crippen molar-refractivity contribution in [1.82, 2.24) is 9.21 Å². The predicted molar refractivity (Wildman–Crippen MR) is 80.2 cm³/mol. The Balaban J connectivity index is 2.34. The van der Waals surface area contributed by atoms with Gasteiger partial charge in [-0.15, -0.1) is 0 Å². The Kier molecular flexibility index (Phi) is 5.04. The normalized spacial score (nSPS) is 18.9. The van der Waals surface area contributed by atoms with E-state index in [1.54, 1.807) is 18.2 Å². The molecule has 1 heterocycles. The number of halogens is 1. The molecule has 0 bridgehead atoms. The molecule has 7 heteroatoms. The van der Waals surface area contributed by atoms with E-state index in [9.17, 15) is 8.42 Å². The summed E-state index contributed by atoms with van der Waals surface area (Å²) >= 11 is 6.07. The molecule has 20 heavy (non-hydrogen) atoms. The molecule has 0 atom stereocenters. The van der Waals surface area contributed by atoms with Gasteiger partial charge in [0, 0.05) is 26.2 Å². The van der Waals surface area contributed by atoms with E-state index in [4.69, 9.17) is 17.3 Å². The Bertz CT molecular complexity index is 577. The molecule has 2 rings (SSSR count). The molecule has 5 nitrogen and oxygen atoms in total. The fourth-order valence-electron chi connectivity index (χ4n) is 2.27. The summed E-state index contributed by atoms with van der Waals surface area (Å²) in [6.45, 7) is 2.94. The molecule has 1 aliphatic rings. The third-order valence-corrected chi connectivity index (χ3v) is 5.91. The lowest BCUT2D eigenvalue weighted by molar-refractivity contribution is 0.347. The molecule has 1 aromatic rings. The van der Waals surface area contributed by atoms with Crippen LogP contribution in [0.2, 0.25) is 5.02 Å². The number of hydrogen-bond acceptors (Lipinski definition) is 4. The van der Waals surface area contributed by atoms with Gasteiger partial charge in [-0.2, -0.15) is 4.31 Å². The fraction of sp³-hybridized carbons (Fsp3) is 0.538. The first kappa shape index (κ1) is 15.7. The van der Waals surface area contributed by atoms with Crippen LogP contribution in [0.1, 0.15) is 12.0 Å². The Morgan fingerprint density at radius 2 is 2.00 bits per heavy atom. The van der Waals surface area contributed by atoms with Gasteiger partial charge < -0.3 is 10.6 Å². The molecule has 0 amide bonds. The van der Waals surface area contributed by atoms with E-state index >= 15 is 0 Å². The van der Waals surface area contributed by atoms with Gasteiger partial charge in [-0.3, -0.25) is 0 Å². The van der Waals surface area contributed by atoms with Gasteiger partial charge in [-0.1, -0.05) is 17.7 Å². The minimum atomic E-state index is -3.55. The van der Waals surface area contributed by atoms with Gasteiger partial charge in [0.25, 0.3) is 0 Å². The predicted octanol–water partition coefficient (Wildman–Crippen LogP) is 1.12. The minimum absolute atomic E-state index is 0.159. The van der Waals surface area contributed by atoms with E-state index in [0.29, 0.717) is 19.6 Å². The Labute approximate surface area is 125 Å². The van der Waals surface area contributed by atoms with Crippen LogP contribution in [0.25, 0.3) is 0 Å². The molecule has 112 valence electrons. The lowest BCUT2D eigenvalue weighted by atomic mass is 10.2. The van der Waals surface area contributed by atoms with Crippen molar-refractivity contribution in [3.63, 3.8) is 0 Å². The van der Waals surface area contributed by atoms with Crippen molar-refractivity contribution in [1.29, 1.82) is 0 Å². The van der Waals surface area contributed by atoms with Crippen molar-refractivity contribution in [2.45, 2.75) is 17.9 Å². The third kappa shape index (κ3) is 3.32. The van der Waals surface area contributed by atoms with Crippen LogP contribution in [0, 0.1) is 0 Å². The smallest absolute Gasteiger partial charge is 0.244 e. The number of sulfonamides is 1. The summed E-state index contributed by atoms with van der Waals surface area (Å²) in [5.41, 5.74) is 6.34. The molecule has 1 aliphatic heterocycles. The second-order valence-electron chi connectivity index (χ2n) is 5.03. The molecule has 0 unspecified atom stereocenters. The average molecular weight is 318 g/mol. The summed E-state index contributed by atoms with van der Waals surface area (Å²) in [5.74, 6) is 0. The van der Waals surface area contributed by atoms with Gasteiger partial charge in [0.1, 0.15) is 4.90 Å². The van der Waals surface area contributed by atoms with Crippen LogP contribution in [0.3, 0.4) is 0 Å². The second kappa shape index (κ2) is 6.41. The molecule has 2 N–H and O–H groups in total. The highest BCUT2D eigenvalue weighted by molar-refractivity contribution is 7.89. The van der Waals surface area contributed by atoms with Crippen molar-refractivity contribution in [3.05, 3.63) is 28.8 Å². The zero-order chi connectivity index (χ0) is 14.8. The van der Waals surface area contributed by atoms with Crippen LogP contribution in [-0.2, 0) is 16.6 Å². The fourth-order valence-corrected chi connectivity index (χ4v) is 4.27. The third-order valence-electron chi connectivity index (χ3n) is 3.53. The minimum Gasteiger partial charge on any atom is -0.326 e. The maximum absolute atomic E-state index is 12.7. The molecule has 0 aliphatic carbocycles. The van der Waals surface area contributed by atoms with Crippen LogP contribution in [0.5, 0.6) is 0 Å². The van der Waals surface area contributed by atoms with Gasteiger partial charge in [-0.05, 0) is 37.7 Å². The van der Waals surface area contributed by atoms with Gasteiger partial charge >= 0.3 is 0 Å². The maximum Gasteiger partial charge on any atom is 0.244 e. The summed E-state index contributed by atoms with van der Waals surface area (Å²) in [7, 11) is -1.55. The Hall–Kier alpha value is -0.660. The van der Waals surface area contributed by atoms with Gasteiger partial charge in [0.2, 0.25) is 10.0 Å². The van der Waals surface area contributed by atoms with Crippen molar-refractivity contribution < 1.29 is 8.42 Å². The maximum atomic E-state index is 12.7. The number of nitrogens with two attached hydrogens (primary N) is 1. The molecular formula is C13H20ClN3O2S. The Morgan fingerprint density at radius 1 is 1.25 bits per heavy atom. The molecule has 1 aromatic carbocycles. The zero-order valence-corrected chi connectivity index (χ0v) is 13.1. The van der Waals surface area contributed by atoms with E-state index in [1.807, 2.05) is 7.05 Å². The topological polar surface area (TPSA) is 66.6 Å². The van der Waals surface area contributed by atoms with Gasteiger partial charge in [-0.25, -0.2) is 8.42 Å². The lowest BCUT2D eigenvalue weighted by Gasteiger charge is -2.21. The molecule has 1 fully saturated rings. The molecular weight excluding hydrogens is 298 g/mol. The van der Waals surface area contributed by atoms with E-state index in [2.05, 4.69) is 4.90 Å². The molecule has 0 radical (unpaired) electrons. The first-order valence-electron chi connectivity index (χ1n) is 6.62. The van der Waals surface area contributed by atoms with Crippen LogP contribution >= 0.6 is 11.6 Å². The number of benzene rings is 1. The summed E-state index contributed by atoms with van der Waals surface area (Å²) in [6.07, 6.45) is 0.823. The Morgan fingerprint density at radius 3 is 2.70 bits per heavy atom. The van der Waals surface area contributed by atoms with Crippen molar-refractivity contribution in [2.75, 3.05) is 33.2 Å². The van der Waals surface area contributed by atoms with Crippen molar-refractivity contribution in [3.8, 4) is 0 Å². The standard InChI is InChI=1S/C13H20ClN3O2S/c1-16-5-2-6-17(8-7-16)20(18,19)13-9-11(10-15)3-4-12(13)14/h3-4,9H,2,5-8,10,15H2,1H3. The zero-order valence-electron chi connectivity index (χ0n) is 11.5. The number of likely N-dealkylation sites (N-methyl/N-ethyl adjacent to an activating group) is 1. The summed E-state index contributed by atoms with van der Waals surface area (Å²) in [6, 6.07) is 4.92. The quantitative estimate of drug-likeness (QED) is 0.907. The highest BCUT2D eigenvalue weighted by atomic mass is 35.5. The second-order valence-corrected chi connectivity index (χ2v) is 7.34. The van der Waals surface area contributed by atoms with Gasteiger partial charge in [0.05, 0.1) is 5.02 Å². The van der Waals surface area contributed by atoms with E-state index in [1.165, 1.54) is 4.31 Å². The van der Waals surface area contributed by atoms with Crippen LogP contribution in [-0.4, -0.2) is 50.8 Å².